The minimum absolute atomic E-state index is 0.0148. The summed E-state index contributed by atoms with van der Waals surface area (Å²) in [6, 6.07) is 6.21. The molecule has 212 valence electrons. The van der Waals surface area contributed by atoms with Crippen molar-refractivity contribution in [2.24, 2.45) is 12.5 Å². The molecule has 1 aliphatic rings. The van der Waals surface area contributed by atoms with Crippen molar-refractivity contribution in [2.75, 3.05) is 24.3 Å². The zero-order chi connectivity index (χ0) is 29.7. The Kier molecular flexibility index (Phi) is 7.05. The van der Waals surface area contributed by atoms with Crippen LogP contribution < -0.4 is 15.8 Å². The van der Waals surface area contributed by atoms with E-state index in [0.29, 0.717) is 36.4 Å². The smallest absolute Gasteiger partial charge is 0.416 e. The molecule has 3 aromatic carbocycles. The molecule has 0 aliphatic carbocycles. The van der Waals surface area contributed by atoms with Gasteiger partial charge in [-0.2, -0.15) is 18.3 Å². The number of nitrogens with two attached hydrogens (primary N) is 1. The fourth-order valence-corrected chi connectivity index (χ4v) is 4.38. The molecular weight excluding hydrogens is 571 g/mol. The van der Waals surface area contributed by atoms with Gasteiger partial charge < -0.3 is 20.5 Å². The van der Waals surface area contributed by atoms with Gasteiger partial charge in [0.05, 0.1) is 51.4 Å². The maximum atomic E-state index is 14.1. The van der Waals surface area contributed by atoms with E-state index in [1.54, 1.807) is 7.05 Å². The van der Waals surface area contributed by atoms with E-state index >= 15 is 0 Å². The van der Waals surface area contributed by atoms with E-state index < -0.39 is 40.3 Å². The molecule has 1 aromatic heterocycles. The van der Waals surface area contributed by atoms with Crippen molar-refractivity contribution in [3.05, 3.63) is 75.8 Å². The van der Waals surface area contributed by atoms with Gasteiger partial charge in [0.25, 0.3) is 5.91 Å². The van der Waals surface area contributed by atoms with Crippen LogP contribution in [-0.4, -0.2) is 28.9 Å². The van der Waals surface area contributed by atoms with Crippen LogP contribution in [0.2, 0.25) is 5.02 Å². The van der Waals surface area contributed by atoms with Gasteiger partial charge in [-0.1, -0.05) is 23.4 Å². The third-order valence-electron chi connectivity index (χ3n) is 6.27. The summed E-state index contributed by atoms with van der Waals surface area (Å²) in [5.74, 6) is 2.79. The molecule has 0 atom stereocenters. The third kappa shape index (κ3) is 5.64. The number of alkyl halides is 3. The molecule has 1 fully saturated rings. The van der Waals surface area contributed by atoms with Crippen molar-refractivity contribution in [3.63, 3.8) is 0 Å². The quantitative estimate of drug-likeness (QED) is 0.208. The Labute approximate surface area is 235 Å². The van der Waals surface area contributed by atoms with Crippen LogP contribution in [0.15, 0.2) is 42.5 Å². The highest BCUT2D eigenvalue weighted by atomic mass is 35.5. The molecular formula is C28H20ClF5N4O3. The van der Waals surface area contributed by atoms with Gasteiger partial charge >= 0.3 is 6.18 Å². The van der Waals surface area contributed by atoms with Crippen molar-refractivity contribution in [1.29, 1.82) is 0 Å². The van der Waals surface area contributed by atoms with Crippen LogP contribution in [0.4, 0.5) is 33.5 Å². The highest BCUT2D eigenvalue weighted by Crippen LogP contribution is 2.44. The molecule has 3 N–H and O–H groups in total. The van der Waals surface area contributed by atoms with Gasteiger partial charge in [-0.05, 0) is 43.3 Å². The van der Waals surface area contributed by atoms with Crippen LogP contribution >= 0.6 is 11.6 Å². The van der Waals surface area contributed by atoms with Gasteiger partial charge in [0, 0.05) is 18.7 Å². The fraction of sp³-hybridized carbons (Fsp3) is 0.214. The summed E-state index contributed by atoms with van der Waals surface area (Å²) >= 11 is 6.21. The number of hydrogen-bond acceptors (Lipinski definition) is 5. The van der Waals surface area contributed by atoms with Crippen LogP contribution in [0.25, 0.3) is 10.9 Å². The summed E-state index contributed by atoms with van der Waals surface area (Å²) in [4.78, 5) is 13.2. The van der Waals surface area contributed by atoms with Crippen molar-refractivity contribution < 1.29 is 36.2 Å². The zero-order valence-electron chi connectivity index (χ0n) is 21.4. The normalized spacial score (nSPS) is 14.2. The van der Waals surface area contributed by atoms with Crippen molar-refractivity contribution >= 4 is 39.9 Å². The van der Waals surface area contributed by atoms with E-state index in [-0.39, 0.29) is 39.5 Å². The van der Waals surface area contributed by atoms with E-state index in [9.17, 15) is 26.7 Å². The molecule has 4 aromatic rings. The number of carbonyl (C=O) groups excluding carboxylic acids is 1. The predicted molar refractivity (Wildman–Crippen MR) is 142 cm³/mol. The lowest BCUT2D eigenvalue weighted by Gasteiger charge is -2.32. The number of halogens is 6. The zero-order valence-corrected chi connectivity index (χ0v) is 22.2. The van der Waals surface area contributed by atoms with Gasteiger partial charge in [-0.15, -0.1) is 0 Å². The van der Waals surface area contributed by atoms with E-state index in [1.807, 2.05) is 6.92 Å². The number of aryl methyl sites for hydroxylation is 1. The first-order chi connectivity index (χ1) is 19.2. The second-order valence-corrected chi connectivity index (χ2v) is 10.1. The topological polar surface area (TPSA) is 91.4 Å². The van der Waals surface area contributed by atoms with Gasteiger partial charge in [0.15, 0.2) is 11.6 Å². The Morgan fingerprint density at radius 2 is 1.90 bits per heavy atom. The summed E-state index contributed by atoms with van der Waals surface area (Å²) in [5, 5.41) is 6.87. The molecule has 5 rings (SSSR count). The Morgan fingerprint density at radius 3 is 2.56 bits per heavy atom. The molecule has 1 amide bonds. The van der Waals surface area contributed by atoms with Gasteiger partial charge in [-0.3, -0.25) is 9.48 Å². The summed E-state index contributed by atoms with van der Waals surface area (Å²) in [5.41, 5.74) is 4.44. The molecule has 0 saturated carbocycles. The number of hydrogen-bond donors (Lipinski definition) is 2. The number of nitrogens with one attached hydrogen (secondary N) is 1. The van der Waals surface area contributed by atoms with Gasteiger partial charge in [0.2, 0.25) is 0 Å². The van der Waals surface area contributed by atoms with E-state index in [2.05, 4.69) is 22.3 Å². The summed E-state index contributed by atoms with van der Waals surface area (Å²) < 4.78 is 80.7. The number of amides is 1. The van der Waals surface area contributed by atoms with E-state index in [1.165, 1.54) is 16.8 Å². The Bertz CT molecular complexity index is 1770. The highest BCUT2D eigenvalue weighted by molar-refractivity contribution is 6.32. The van der Waals surface area contributed by atoms with E-state index in [4.69, 9.17) is 26.8 Å². The maximum Gasteiger partial charge on any atom is 0.416 e. The second kappa shape index (κ2) is 10.2. The fourth-order valence-electron chi connectivity index (χ4n) is 4.23. The number of aromatic nitrogens is 2. The minimum Gasteiger partial charge on any atom is -0.453 e. The molecule has 1 saturated heterocycles. The maximum absolute atomic E-state index is 14.1. The monoisotopic (exact) mass is 590 g/mol. The van der Waals surface area contributed by atoms with Crippen LogP contribution in [0.3, 0.4) is 0 Å². The van der Waals surface area contributed by atoms with Crippen LogP contribution in [0, 0.1) is 28.9 Å². The van der Waals surface area contributed by atoms with Crippen molar-refractivity contribution in [3.8, 4) is 23.3 Å². The Morgan fingerprint density at radius 1 is 1.17 bits per heavy atom. The minimum atomic E-state index is -4.90. The van der Waals surface area contributed by atoms with E-state index in [0.717, 1.165) is 12.1 Å². The number of ether oxygens (including phenoxy) is 2. The largest absolute Gasteiger partial charge is 0.453 e. The lowest BCUT2D eigenvalue weighted by Crippen LogP contribution is -2.38. The number of rotatable bonds is 4. The average Bonchev–Trinajstić information content (AvgIpc) is 3.18. The average molecular weight is 591 g/mol. The number of nitrogens with zero attached hydrogens (tertiary/aromatic N) is 2. The second-order valence-electron chi connectivity index (χ2n) is 9.69. The first-order valence-electron chi connectivity index (χ1n) is 12.0. The summed E-state index contributed by atoms with van der Waals surface area (Å²) in [7, 11) is 1.60. The van der Waals surface area contributed by atoms with Crippen LogP contribution in [0.1, 0.15) is 28.4 Å². The lowest BCUT2D eigenvalue weighted by atomic mass is 9.89. The molecule has 0 spiro atoms. The van der Waals surface area contributed by atoms with Crippen LogP contribution in [-0.2, 0) is 18.0 Å². The van der Waals surface area contributed by atoms with Crippen molar-refractivity contribution in [2.45, 2.75) is 13.1 Å². The lowest BCUT2D eigenvalue weighted by molar-refractivity contribution is -0.137. The molecule has 0 bridgehead atoms. The first-order valence-corrected chi connectivity index (χ1v) is 12.3. The molecule has 1 aliphatic heterocycles. The summed E-state index contributed by atoms with van der Waals surface area (Å²) in [6.07, 6.45) is -4.90. The van der Waals surface area contributed by atoms with Crippen molar-refractivity contribution in [1.82, 2.24) is 9.78 Å². The number of carbonyl (C=O) groups is 1. The third-order valence-corrected chi connectivity index (χ3v) is 6.58. The number of benzene rings is 3. The number of fused-ring (bicyclic) bond motifs is 1. The molecule has 13 heteroatoms. The molecule has 7 nitrogen and oxygen atoms in total. The Hall–Kier alpha value is -4.34. The predicted octanol–water partition coefficient (Wildman–Crippen LogP) is 6.54. The SMILES string of the molecule is Cn1nc(N)c2c(Oc3cc(F)ccc3Cl)c(NC(=O)c3cc(F)cc(C(F)(F)F)c3)cc(C#CC3(C)COC3)c21. The molecule has 0 unspecified atom stereocenters. The van der Waals surface area contributed by atoms with Gasteiger partial charge in [0.1, 0.15) is 17.4 Å². The molecule has 2 heterocycles. The summed E-state index contributed by atoms with van der Waals surface area (Å²) in [6.45, 7) is 2.70. The van der Waals surface area contributed by atoms with Gasteiger partial charge in [-0.25, -0.2) is 8.78 Å². The molecule has 0 radical (unpaired) electrons. The standard InChI is InChI=1S/C28H20ClF5N4O3/c1-27(12-40-13-27)6-5-14-9-20(36-26(39)15-7-16(28(32,33)34)10-18(31)8-15)24(22-23(14)38(2)37-25(22)35)41-21-11-17(30)3-4-19(21)29/h3-4,7-11H,12-13H2,1-2H3,(H2,35,37)(H,36,39). The molecule has 41 heavy (non-hydrogen) atoms. The number of nitrogen functional groups attached to an aromatic ring is 1. The van der Waals surface area contributed by atoms with Crippen LogP contribution in [0.5, 0.6) is 11.5 Å². The number of anilines is 2. The Balaban J connectivity index is 1.69. The highest BCUT2D eigenvalue weighted by Gasteiger charge is 2.33. The first kappa shape index (κ1) is 28.2.